The van der Waals surface area contributed by atoms with Gasteiger partial charge in [-0.15, -0.1) is 11.3 Å². The Balaban J connectivity index is 1.42. The van der Waals surface area contributed by atoms with Crippen LogP contribution >= 0.6 is 23.1 Å². The van der Waals surface area contributed by atoms with Crippen molar-refractivity contribution in [2.45, 2.75) is 26.7 Å². The molecule has 0 atom stereocenters. The number of rotatable bonds is 8. The van der Waals surface area contributed by atoms with E-state index in [1.54, 1.807) is 43.0 Å². The van der Waals surface area contributed by atoms with Gasteiger partial charge in [-0.25, -0.2) is 17.8 Å². The first-order valence-corrected chi connectivity index (χ1v) is 14.0. The Morgan fingerprint density at radius 3 is 2.39 bits per heavy atom. The summed E-state index contributed by atoms with van der Waals surface area (Å²) in [6.45, 7) is 1.82. The van der Waals surface area contributed by atoms with Gasteiger partial charge in [0.05, 0.1) is 27.7 Å². The highest BCUT2D eigenvalue weighted by Crippen LogP contribution is 2.35. The van der Waals surface area contributed by atoms with Crippen molar-refractivity contribution in [2.24, 2.45) is 0 Å². The van der Waals surface area contributed by atoms with Crippen molar-refractivity contribution < 1.29 is 18.0 Å². The molecule has 0 aliphatic rings. The van der Waals surface area contributed by atoms with Crippen molar-refractivity contribution in [3.05, 3.63) is 89.7 Å². The van der Waals surface area contributed by atoms with Crippen molar-refractivity contribution in [1.29, 1.82) is 0 Å². The van der Waals surface area contributed by atoms with E-state index in [-0.39, 0.29) is 16.5 Å². The molecule has 2 aromatic carbocycles. The Labute approximate surface area is 218 Å². The summed E-state index contributed by atoms with van der Waals surface area (Å²) in [7, 11) is -0.642. The normalized spacial score (nSPS) is 11.3. The molecule has 0 unspecified atom stereocenters. The molecule has 2 amide bonds. The third-order valence-corrected chi connectivity index (χ3v) is 9.13. The lowest BCUT2D eigenvalue weighted by Gasteiger charge is -2.10. The molecule has 4 aromatic rings. The van der Waals surface area contributed by atoms with Gasteiger partial charge in [-0.1, -0.05) is 30.0 Å². The van der Waals surface area contributed by atoms with Crippen LogP contribution in [0.15, 0.2) is 86.1 Å². The third-order valence-electron chi connectivity index (χ3n) is 5.04. The van der Waals surface area contributed by atoms with Crippen LogP contribution in [0.25, 0.3) is 5.69 Å². The van der Waals surface area contributed by atoms with Crippen LogP contribution in [-0.2, 0) is 21.2 Å². The smallest absolute Gasteiger partial charge is 0.273 e. The first-order chi connectivity index (χ1) is 17.1. The molecule has 0 aliphatic carbocycles. The number of aryl methyl sites for hydroxylation is 1. The standard InChI is InChI=1S/C25H24N4O4S3/c1-17-15-20(29(26-17)19-7-5-4-6-8-19)16-22(30)27-36(32,33)24-14-13-23(35-24)34-21-11-9-18(10-12-21)25(31)28(2)3/h4-15H,16H2,1-3H3,(H,27,30). The Kier molecular flexibility index (Phi) is 7.62. The van der Waals surface area contributed by atoms with Gasteiger partial charge < -0.3 is 4.90 Å². The molecule has 0 radical (unpaired) electrons. The van der Waals surface area contributed by atoms with Gasteiger partial charge in [0.1, 0.15) is 4.21 Å². The number of aromatic nitrogens is 2. The molecular formula is C25H24N4O4S3. The van der Waals surface area contributed by atoms with Crippen LogP contribution in [0.1, 0.15) is 21.7 Å². The van der Waals surface area contributed by atoms with Crippen molar-refractivity contribution >= 4 is 44.9 Å². The van der Waals surface area contributed by atoms with E-state index in [1.807, 2.05) is 49.4 Å². The van der Waals surface area contributed by atoms with Crippen LogP contribution < -0.4 is 4.72 Å². The third kappa shape index (κ3) is 6.04. The van der Waals surface area contributed by atoms with Gasteiger partial charge in [0.15, 0.2) is 0 Å². The summed E-state index contributed by atoms with van der Waals surface area (Å²) in [4.78, 5) is 27.1. The second kappa shape index (κ2) is 10.7. The van der Waals surface area contributed by atoms with E-state index in [1.165, 1.54) is 22.7 Å². The molecule has 36 heavy (non-hydrogen) atoms. The first-order valence-electron chi connectivity index (χ1n) is 10.9. The molecule has 1 N–H and O–H groups in total. The minimum atomic E-state index is -4.02. The van der Waals surface area contributed by atoms with Gasteiger partial charge in [0, 0.05) is 24.6 Å². The first kappa shape index (κ1) is 25.7. The van der Waals surface area contributed by atoms with Crippen LogP contribution in [0.4, 0.5) is 0 Å². The minimum Gasteiger partial charge on any atom is -0.345 e. The van der Waals surface area contributed by atoms with Crippen molar-refractivity contribution in [1.82, 2.24) is 19.4 Å². The fourth-order valence-electron chi connectivity index (χ4n) is 3.41. The summed E-state index contributed by atoms with van der Waals surface area (Å²) in [5.74, 6) is -0.732. The lowest BCUT2D eigenvalue weighted by molar-refractivity contribution is -0.118. The zero-order valence-electron chi connectivity index (χ0n) is 19.8. The SMILES string of the molecule is Cc1cc(CC(=O)NS(=O)(=O)c2ccc(Sc3ccc(C(=O)N(C)C)cc3)s2)n(-c2ccccc2)n1. The fourth-order valence-corrected chi connectivity index (χ4v) is 6.96. The highest BCUT2D eigenvalue weighted by Gasteiger charge is 2.22. The van der Waals surface area contributed by atoms with E-state index >= 15 is 0 Å². The van der Waals surface area contributed by atoms with Crippen molar-refractivity contribution in [3.8, 4) is 5.69 Å². The molecule has 4 rings (SSSR count). The van der Waals surface area contributed by atoms with Crippen molar-refractivity contribution in [2.75, 3.05) is 14.1 Å². The zero-order chi connectivity index (χ0) is 25.9. The number of sulfonamides is 1. The number of para-hydroxylation sites is 1. The number of carbonyl (C=O) groups excluding carboxylic acids is 2. The highest BCUT2D eigenvalue weighted by atomic mass is 32.3. The largest absolute Gasteiger partial charge is 0.345 e. The quantitative estimate of drug-likeness (QED) is 0.360. The van der Waals surface area contributed by atoms with Gasteiger partial charge in [-0.05, 0) is 61.5 Å². The number of amides is 2. The summed E-state index contributed by atoms with van der Waals surface area (Å²) in [5.41, 5.74) is 2.68. The number of hydrogen-bond donors (Lipinski definition) is 1. The van der Waals surface area contributed by atoms with Crippen LogP contribution in [0.5, 0.6) is 0 Å². The van der Waals surface area contributed by atoms with Gasteiger partial charge in [-0.3, -0.25) is 9.59 Å². The molecule has 2 aromatic heterocycles. The molecule has 186 valence electrons. The molecule has 0 saturated carbocycles. The number of thiophene rings is 1. The Morgan fingerprint density at radius 2 is 1.72 bits per heavy atom. The summed E-state index contributed by atoms with van der Waals surface area (Å²) < 4.78 is 30.3. The van der Waals surface area contributed by atoms with Gasteiger partial charge in [-0.2, -0.15) is 5.10 Å². The molecule has 0 fully saturated rings. The Bertz CT molecular complexity index is 1490. The van der Waals surface area contributed by atoms with E-state index in [9.17, 15) is 18.0 Å². The molecular weight excluding hydrogens is 517 g/mol. The number of nitrogens with one attached hydrogen (secondary N) is 1. The molecule has 0 aliphatic heterocycles. The van der Waals surface area contributed by atoms with Gasteiger partial charge in [0.25, 0.3) is 15.9 Å². The molecule has 0 bridgehead atoms. The van der Waals surface area contributed by atoms with E-state index in [4.69, 9.17) is 0 Å². The van der Waals surface area contributed by atoms with Crippen LogP contribution in [0.2, 0.25) is 0 Å². The van der Waals surface area contributed by atoms with E-state index < -0.39 is 15.9 Å². The fraction of sp³-hybridized carbons (Fsp3) is 0.160. The lowest BCUT2D eigenvalue weighted by atomic mass is 10.2. The van der Waals surface area contributed by atoms with Gasteiger partial charge >= 0.3 is 0 Å². The maximum atomic E-state index is 12.8. The number of hydrogen-bond acceptors (Lipinski definition) is 7. The predicted molar refractivity (Wildman–Crippen MR) is 140 cm³/mol. The van der Waals surface area contributed by atoms with Crippen LogP contribution in [0, 0.1) is 6.92 Å². The molecule has 11 heteroatoms. The average Bonchev–Trinajstić information content (AvgIpc) is 3.46. The monoisotopic (exact) mass is 540 g/mol. The minimum absolute atomic E-state index is 0.0468. The summed E-state index contributed by atoms with van der Waals surface area (Å²) in [6.07, 6.45) is -0.139. The van der Waals surface area contributed by atoms with E-state index in [0.717, 1.165) is 31.8 Å². The molecule has 2 heterocycles. The Hall–Kier alpha value is -3.41. The van der Waals surface area contributed by atoms with E-state index in [0.29, 0.717) is 11.3 Å². The highest BCUT2D eigenvalue weighted by molar-refractivity contribution is 8.01. The lowest BCUT2D eigenvalue weighted by Crippen LogP contribution is -2.31. The summed E-state index contributed by atoms with van der Waals surface area (Å²) in [6, 6.07) is 21.4. The zero-order valence-corrected chi connectivity index (χ0v) is 22.3. The second-order valence-electron chi connectivity index (χ2n) is 8.13. The molecule has 8 nitrogen and oxygen atoms in total. The van der Waals surface area contributed by atoms with E-state index in [2.05, 4.69) is 9.82 Å². The molecule has 0 saturated heterocycles. The number of benzene rings is 2. The Morgan fingerprint density at radius 1 is 1.03 bits per heavy atom. The average molecular weight is 541 g/mol. The number of carbonyl (C=O) groups is 2. The molecule has 0 spiro atoms. The van der Waals surface area contributed by atoms with Gasteiger partial charge in [0.2, 0.25) is 5.91 Å². The van der Waals surface area contributed by atoms with Crippen molar-refractivity contribution in [3.63, 3.8) is 0 Å². The second-order valence-corrected chi connectivity index (χ2v) is 12.5. The topological polar surface area (TPSA) is 101 Å². The maximum absolute atomic E-state index is 12.8. The van der Waals surface area contributed by atoms with Crippen LogP contribution in [0.3, 0.4) is 0 Å². The van der Waals surface area contributed by atoms with Crippen LogP contribution in [-0.4, -0.2) is 49.0 Å². The maximum Gasteiger partial charge on any atom is 0.273 e. The predicted octanol–water partition coefficient (Wildman–Crippen LogP) is 4.14. The summed E-state index contributed by atoms with van der Waals surface area (Å²) in [5, 5.41) is 4.42. The summed E-state index contributed by atoms with van der Waals surface area (Å²) >= 11 is 2.45. The number of nitrogens with zero attached hydrogens (tertiary/aromatic N) is 3.